The van der Waals surface area contributed by atoms with Gasteiger partial charge < -0.3 is 15.2 Å². The fraction of sp³-hybridized carbons (Fsp3) is 0.733. The number of aryl methyl sites for hydroxylation is 1. The zero-order valence-electron chi connectivity index (χ0n) is 12.2. The van der Waals surface area contributed by atoms with Crippen molar-refractivity contribution < 1.29 is 0 Å². The van der Waals surface area contributed by atoms with E-state index in [-0.39, 0.29) is 0 Å². The van der Waals surface area contributed by atoms with Crippen molar-refractivity contribution in [2.45, 2.75) is 45.1 Å². The molecule has 1 aromatic heterocycles. The van der Waals surface area contributed by atoms with Crippen LogP contribution in [0.3, 0.4) is 0 Å². The Hall–Kier alpha value is -0.800. The van der Waals surface area contributed by atoms with Gasteiger partial charge in [-0.2, -0.15) is 0 Å². The minimum Gasteiger partial charge on any atom is -0.346 e. The van der Waals surface area contributed by atoms with Crippen LogP contribution in [0.1, 0.15) is 48.2 Å². The number of rotatable bonds is 6. The molecular formula is C15H27N3. The molecule has 3 nitrogen and oxygen atoms in total. The summed E-state index contributed by atoms with van der Waals surface area (Å²) in [6.45, 7) is 6.38. The van der Waals surface area contributed by atoms with Crippen LogP contribution in [0, 0.1) is 13.8 Å². The van der Waals surface area contributed by atoms with E-state index >= 15 is 0 Å². The van der Waals surface area contributed by atoms with Crippen molar-refractivity contribution >= 4 is 0 Å². The lowest BCUT2D eigenvalue weighted by atomic mass is 9.95. The Morgan fingerprint density at radius 1 is 1.39 bits per heavy atom. The van der Waals surface area contributed by atoms with Gasteiger partial charge in [-0.05, 0) is 71.3 Å². The second kappa shape index (κ2) is 5.45. The van der Waals surface area contributed by atoms with Gasteiger partial charge in [-0.3, -0.25) is 0 Å². The second-order valence-electron chi connectivity index (χ2n) is 5.96. The smallest absolute Gasteiger partial charge is 0.0337 e. The number of hydrogen-bond acceptors (Lipinski definition) is 2. The van der Waals surface area contributed by atoms with Crippen LogP contribution < -0.4 is 5.73 Å². The fourth-order valence-electron chi connectivity index (χ4n) is 3.10. The van der Waals surface area contributed by atoms with Crippen molar-refractivity contribution in [2.75, 3.05) is 27.2 Å². The molecule has 0 amide bonds. The molecule has 1 heterocycles. The van der Waals surface area contributed by atoms with Gasteiger partial charge in [-0.25, -0.2) is 0 Å². The van der Waals surface area contributed by atoms with Crippen molar-refractivity contribution in [2.24, 2.45) is 5.73 Å². The minimum absolute atomic E-state index is 0.573. The normalized spacial score (nSPS) is 17.4. The molecule has 1 aliphatic rings. The van der Waals surface area contributed by atoms with E-state index in [0.29, 0.717) is 5.92 Å². The van der Waals surface area contributed by atoms with Gasteiger partial charge in [0.1, 0.15) is 0 Å². The molecule has 0 aromatic carbocycles. The van der Waals surface area contributed by atoms with Crippen molar-refractivity contribution in [3.05, 3.63) is 23.0 Å². The molecule has 0 radical (unpaired) electrons. The largest absolute Gasteiger partial charge is 0.346 e. The molecule has 0 saturated heterocycles. The predicted octanol–water partition coefficient (Wildman–Crippen LogP) is 2.43. The highest BCUT2D eigenvalue weighted by atomic mass is 15.1. The third-order valence-corrected chi connectivity index (χ3v) is 3.98. The average Bonchev–Trinajstić information content (AvgIpc) is 3.05. The summed E-state index contributed by atoms with van der Waals surface area (Å²) in [6, 6.07) is 3.16. The number of nitrogens with zero attached hydrogens (tertiary/aromatic N) is 2. The third kappa shape index (κ3) is 2.78. The van der Waals surface area contributed by atoms with Crippen molar-refractivity contribution in [3.8, 4) is 0 Å². The summed E-state index contributed by atoms with van der Waals surface area (Å²) in [5.41, 5.74) is 10.2. The van der Waals surface area contributed by atoms with Crippen LogP contribution in [0.5, 0.6) is 0 Å². The fourth-order valence-corrected chi connectivity index (χ4v) is 3.10. The summed E-state index contributed by atoms with van der Waals surface area (Å²) in [4.78, 5) is 2.27. The van der Waals surface area contributed by atoms with Crippen LogP contribution in [0.15, 0.2) is 6.07 Å². The van der Waals surface area contributed by atoms with E-state index in [1.54, 1.807) is 0 Å². The summed E-state index contributed by atoms with van der Waals surface area (Å²) in [6.07, 6.45) is 3.78. The minimum atomic E-state index is 0.573. The summed E-state index contributed by atoms with van der Waals surface area (Å²) in [5.74, 6) is 0.573. The van der Waals surface area contributed by atoms with E-state index in [2.05, 4.69) is 43.5 Å². The summed E-state index contributed by atoms with van der Waals surface area (Å²) < 4.78 is 2.54. The van der Waals surface area contributed by atoms with Crippen LogP contribution in [0.2, 0.25) is 0 Å². The molecule has 1 saturated carbocycles. The molecular weight excluding hydrogens is 222 g/mol. The first-order chi connectivity index (χ1) is 8.54. The summed E-state index contributed by atoms with van der Waals surface area (Å²) in [5, 5.41) is 0. The van der Waals surface area contributed by atoms with Crippen molar-refractivity contribution in [1.29, 1.82) is 0 Å². The number of hydrogen-bond donors (Lipinski definition) is 1. The summed E-state index contributed by atoms with van der Waals surface area (Å²) >= 11 is 0. The molecule has 0 spiro atoms. The van der Waals surface area contributed by atoms with Gasteiger partial charge in [0.25, 0.3) is 0 Å². The molecule has 2 rings (SSSR count). The Morgan fingerprint density at radius 3 is 2.56 bits per heavy atom. The molecule has 18 heavy (non-hydrogen) atoms. The van der Waals surface area contributed by atoms with Crippen LogP contribution in [0.4, 0.5) is 0 Å². The molecule has 0 aliphatic heterocycles. The lowest BCUT2D eigenvalue weighted by molar-refractivity contribution is 0.364. The molecule has 102 valence electrons. The highest BCUT2D eigenvalue weighted by molar-refractivity contribution is 5.32. The first-order valence-corrected chi connectivity index (χ1v) is 7.07. The van der Waals surface area contributed by atoms with Gasteiger partial charge in [-0.15, -0.1) is 0 Å². The SMILES string of the molecule is Cc1cc(C(CCN)CN(C)C)c(C)n1C1CC1. The zero-order chi connectivity index (χ0) is 13.3. The number of nitrogens with two attached hydrogens (primary N) is 1. The maximum absolute atomic E-state index is 5.78. The monoisotopic (exact) mass is 249 g/mol. The van der Waals surface area contributed by atoms with Gasteiger partial charge in [0.05, 0.1) is 0 Å². The van der Waals surface area contributed by atoms with E-state index in [9.17, 15) is 0 Å². The Labute approximate surface area is 111 Å². The first-order valence-electron chi connectivity index (χ1n) is 7.07. The standard InChI is InChI=1S/C15H27N3/c1-11-9-15(12(2)18(11)14-5-6-14)13(7-8-16)10-17(3)4/h9,13-14H,5-8,10,16H2,1-4H3. The Morgan fingerprint density at radius 2 is 2.06 bits per heavy atom. The molecule has 1 aromatic rings. The van der Waals surface area contributed by atoms with Crippen LogP contribution >= 0.6 is 0 Å². The summed E-state index contributed by atoms with van der Waals surface area (Å²) in [7, 11) is 4.28. The van der Waals surface area contributed by atoms with Gasteiger partial charge in [0.15, 0.2) is 0 Å². The topological polar surface area (TPSA) is 34.2 Å². The van der Waals surface area contributed by atoms with Gasteiger partial charge in [0.2, 0.25) is 0 Å². The number of aromatic nitrogens is 1. The van der Waals surface area contributed by atoms with E-state index in [1.807, 2.05) is 0 Å². The lowest BCUT2D eigenvalue weighted by Gasteiger charge is -2.21. The molecule has 1 aliphatic carbocycles. The highest BCUT2D eigenvalue weighted by Crippen LogP contribution is 2.40. The highest BCUT2D eigenvalue weighted by Gasteiger charge is 2.28. The van der Waals surface area contributed by atoms with E-state index < -0.39 is 0 Å². The van der Waals surface area contributed by atoms with Crippen LogP contribution in [-0.2, 0) is 0 Å². The Kier molecular flexibility index (Phi) is 4.13. The van der Waals surface area contributed by atoms with Gasteiger partial charge in [0, 0.05) is 24.0 Å². The van der Waals surface area contributed by atoms with Crippen LogP contribution in [-0.4, -0.2) is 36.7 Å². The van der Waals surface area contributed by atoms with E-state index in [4.69, 9.17) is 5.73 Å². The van der Waals surface area contributed by atoms with Crippen molar-refractivity contribution in [1.82, 2.24) is 9.47 Å². The maximum atomic E-state index is 5.78. The van der Waals surface area contributed by atoms with E-state index in [0.717, 1.165) is 25.6 Å². The molecule has 1 fully saturated rings. The third-order valence-electron chi connectivity index (χ3n) is 3.98. The van der Waals surface area contributed by atoms with Gasteiger partial charge >= 0.3 is 0 Å². The molecule has 2 N–H and O–H groups in total. The average molecular weight is 249 g/mol. The Balaban J connectivity index is 2.26. The molecule has 0 bridgehead atoms. The Bertz CT molecular complexity index is 402. The maximum Gasteiger partial charge on any atom is 0.0337 e. The molecule has 1 atom stereocenters. The second-order valence-corrected chi connectivity index (χ2v) is 5.96. The van der Waals surface area contributed by atoms with E-state index in [1.165, 1.54) is 29.8 Å². The lowest BCUT2D eigenvalue weighted by Crippen LogP contribution is -2.22. The van der Waals surface area contributed by atoms with Gasteiger partial charge in [-0.1, -0.05) is 0 Å². The van der Waals surface area contributed by atoms with Crippen LogP contribution in [0.25, 0.3) is 0 Å². The number of likely N-dealkylation sites (N-methyl/N-ethyl adjacent to an activating group) is 1. The predicted molar refractivity (Wildman–Crippen MR) is 77.1 cm³/mol. The van der Waals surface area contributed by atoms with Crippen molar-refractivity contribution in [3.63, 3.8) is 0 Å². The quantitative estimate of drug-likeness (QED) is 0.840. The first kappa shape index (κ1) is 13.6. The molecule has 1 unspecified atom stereocenters. The zero-order valence-corrected chi connectivity index (χ0v) is 12.2. The molecule has 3 heteroatoms.